The maximum atomic E-state index is 12.3. The molecule has 1 rings (SSSR count). The lowest BCUT2D eigenvalue weighted by Crippen LogP contribution is -2.54. The zero-order valence-corrected chi connectivity index (χ0v) is 13.3. The Balaban J connectivity index is 2.59. The van der Waals surface area contributed by atoms with Gasteiger partial charge in [0.1, 0.15) is 0 Å². The molecular weight excluding hydrogens is 256 g/mol. The summed E-state index contributed by atoms with van der Waals surface area (Å²) in [6.07, 6.45) is 2.27. The number of aliphatic carboxylic acids is 1. The molecule has 20 heavy (non-hydrogen) atoms. The standard InChI is InChI=1S/C15H28N2O3/c1-14(2,3)10-15(4,5)16-13(20)17-8-6-7-11(9-17)12(18)19/h11H,6-10H2,1-5H3,(H,16,20)(H,18,19)/t11-/m0/s1. The number of urea groups is 1. The highest BCUT2D eigenvalue weighted by molar-refractivity contribution is 5.77. The molecule has 116 valence electrons. The van der Waals surface area contributed by atoms with Crippen molar-refractivity contribution >= 4 is 12.0 Å². The number of likely N-dealkylation sites (tertiary alicyclic amines) is 1. The first-order valence-electron chi connectivity index (χ1n) is 7.30. The Bertz CT molecular complexity index is 372. The number of hydrogen-bond acceptors (Lipinski definition) is 2. The van der Waals surface area contributed by atoms with E-state index in [0.29, 0.717) is 19.5 Å². The highest BCUT2D eigenvalue weighted by Crippen LogP contribution is 2.27. The SMILES string of the molecule is CC(C)(C)CC(C)(C)NC(=O)N1CCC[C@H](C(=O)O)C1. The van der Waals surface area contributed by atoms with E-state index < -0.39 is 11.9 Å². The number of nitrogens with zero attached hydrogens (tertiary/aromatic N) is 1. The third-order valence-electron chi connectivity index (χ3n) is 3.48. The molecular formula is C15H28N2O3. The van der Waals surface area contributed by atoms with Gasteiger partial charge in [0.05, 0.1) is 5.92 Å². The van der Waals surface area contributed by atoms with Crippen LogP contribution in [0, 0.1) is 11.3 Å². The van der Waals surface area contributed by atoms with Gasteiger partial charge in [-0.3, -0.25) is 4.79 Å². The van der Waals surface area contributed by atoms with E-state index in [4.69, 9.17) is 5.11 Å². The van der Waals surface area contributed by atoms with Crippen LogP contribution in [0.5, 0.6) is 0 Å². The molecule has 1 aliphatic heterocycles. The quantitative estimate of drug-likeness (QED) is 0.837. The van der Waals surface area contributed by atoms with E-state index in [2.05, 4.69) is 26.1 Å². The van der Waals surface area contributed by atoms with Gasteiger partial charge in [-0.05, 0) is 38.5 Å². The first-order valence-corrected chi connectivity index (χ1v) is 7.30. The zero-order valence-electron chi connectivity index (χ0n) is 13.3. The summed E-state index contributed by atoms with van der Waals surface area (Å²) < 4.78 is 0. The fourth-order valence-corrected chi connectivity index (χ4v) is 3.10. The molecule has 1 fully saturated rings. The lowest BCUT2D eigenvalue weighted by molar-refractivity contribution is -0.143. The highest BCUT2D eigenvalue weighted by Gasteiger charge is 2.32. The third-order valence-corrected chi connectivity index (χ3v) is 3.48. The number of piperidine rings is 1. The van der Waals surface area contributed by atoms with E-state index >= 15 is 0 Å². The Morgan fingerprint density at radius 2 is 1.85 bits per heavy atom. The monoisotopic (exact) mass is 284 g/mol. The second-order valence-corrected chi connectivity index (χ2v) is 7.67. The van der Waals surface area contributed by atoms with Gasteiger partial charge in [0.25, 0.3) is 0 Å². The van der Waals surface area contributed by atoms with Crippen LogP contribution in [0.15, 0.2) is 0 Å². The Morgan fingerprint density at radius 1 is 1.25 bits per heavy atom. The third kappa shape index (κ3) is 5.39. The number of nitrogens with one attached hydrogen (secondary N) is 1. The van der Waals surface area contributed by atoms with Gasteiger partial charge in [0, 0.05) is 18.6 Å². The first kappa shape index (κ1) is 16.8. The van der Waals surface area contributed by atoms with E-state index in [1.54, 1.807) is 4.90 Å². The Labute approximate surface area is 121 Å². The summed E-state index contributed by atoms with van der Waals surface area (Å²) >= 11 is 0. The van der Waals surface area contributed by atoms with Gasteiger partial charge >= 0.3 is 12.0 Å². The van der Waals surface area contributed by atoms with E-state index in [9.17, 15) is 9.59 Å². The van der Waals surface area contributed by atoms with E-state index in [0.717, 1.165) is 12.8 Å². The lowest BCUT2D eigenvalue weighted by Gasteiger charge is -2.37. The molecule has 0 radical (unpaired) electrons. The second kappa shape index (κ2) is 6.02. The number of rotatable bonds is 3. The Kier molecular flexibility index (Phi) is 5.05. The summed E-state index contributed by atoms with van der Waals surface area (Å²) in [7, 11) is 0. The maximum absolute atomic E-state index is 12.3. The average molecular weight is 284 g/mol. The molecule has 0 spiro atoms. The Hall–Kier alpha value is -1.26. The molecule has 5 heteroatoms. The Morgan fingerprint density at radius 3 is 2.35 bits per heavy atom. The van der Waals surface area contributed by atoms with Crippen molar-refractivity contribution in [2.24, 2.45) is 11.3 Å². The molecule has 0 aliphatic carbocycles. The van der Waals surface area contributed by atoms with E-state index in [1.165, 1.54) is 0 Å². The van der Waals surface area contributed by atoms with Crippen LogP contribution in [0.4, 0.5) is 4.79 Å². The topological polar surface area (TPSA) is 69.6 Å². The van der Waals surface area contributed by atoms with Crippen molar-refractivity contribution in [1.82, 2.24) is 10.2 Å². The largest absolute Gasteiger partial charge is 0.481 e. The summed E-state index contributed by atoms with van der Waals surface area (Å²) in [6, 6.07) is -0.148. The maximum Gasteiger partial charge on any atom is 0.317 e. The zero-order chi connectivity index (χ0) is 15.6. The van der Waals surface area contributed by atoms with Crippen molar-refractivity contribution in [3.63, 3.8) is 0 Å². The number of carboxylic acids is 1. The van der Waals surface area contributed by atoms with Crippen LogP contribution < -0.4 is 5.32 Å². The van der Waals surface area contributed by atoms with Gasteiger partial charge in [-0.15, -0.1) is 0 Å². The second-order valence-electron chi connectivity index (χ2n) is 7.67. The average Bonchev–Trinajstić information content (AvgIpc) is 2.25. The molecule has 0 unspecified atom stereocenters. The molecule has 0 bridgehead atoms. The molecule has 1 heterocycles. The number of amides is 2. The van der Waals surface area contributed by atoms with Gasteiger partial charge in [-0.2, -0.15) is 0 Å². The van der Waals surface area contributed by atoms with Crippen LogP contribution in [0.2, 0.25) is 0 Å². The minimum atomic E-state index is -0.809. The van der Waals surface area contributed by atoms with Crippen LogP contribution in [0.25, 0.3) is 0 Å². The van der Waals surface area contributed by atoms with E-state index in [1.807, 2.05) is 13.8 Å². The van der Waals surface area contributed by atoms with Crippen LogP contribution in [0.1, 0.15) is 53.9 Å². The predicted molar refractivity (Wildman–Crippen MR) is 78.6 cm³/mol. The van der Waals surface area contributed by atoms with Gasteiger partial charge in [0.2, 0.25) is 0 Å². The van der Waals surface area contributed by atoms with Crippen LogP contribution in [-0.2, 0) is 4.79 Å². The molecule has 1 saturated heterocycles. The minimum Gasteiger partial charge on any atom is -0.481 e. The van der Waals surface area contributed by atoms with Crippen LogP contribution in [-0.4, -0.2) is 40.6 Å². The molecule has 2 amide bonds. The molecule has 5 nitrogen and oxygen atoms in total. The summed E-state index contributed by atoms with van der Waals surface area (Å²) in [5.41, 5.74) is -0.173. The van der Waals surface area contributed by atoms with Crippen LogP contribution in [0.3, 0.4) is 0 Å². The first-order chi connectivity index (χ1) is 9.00. The number of carbonyl (C=O) groups is 2. The molecule has 0 aromatic heterocycles. The molecule has 0 aromatic rings. The molecule has 2 N–H and O–H groups in total. The molecule has 0 aromatic carbocycles. The summed E-state index contributed by atoms with van der Waals surface area (Å²) in [5, 5.41) is 12.1. The van der Waals surface area contributed by atoms with Gasteiger partial charge in [-0.25, -0.2) is 4.79 Å². The van der Waals surface area contributed by atoms with Gasteiger partial charge in [0.15, 0.2) is 0 Å². The predicted octanol–water partition coefficient (Wildman–Crippen LogP) is 2.71. The van der Waals surface area contributed by atoms with Crippen molar-refractivity contribution in [1.29, 1.82) is 0 Å². The number of carbonyl (C=O) groups excluding carboxylic acids is 1. The summed E-state index contributed by atoms with van der Waals surface area (Å²) in [6.45, 7) is 11.4. The number of carboxylic acid groups (broad SMARTS) is 1. The van der Waals surface area contributed by atoms with Gasteiger partial charge in [-0.1, -0.05) is 20.8 Å². The van der Waals surface area contributed by atoms with E-state index in [-0.39, 0.29) is 17.0 Å². The van der Waals surface area contributed by atoms with Crippen molar-refractivity contribution in [3.8, 4) is 0 Å². The number of hydrogen-bond donors (Lipinski definition) is 2. The lowest BCUT2D eigenvalue weighted by atomic mass is 9.82. The molecule has 0 saturated carbocycles. The smallest absolute Gasteiger partial charge is 0.317 e. The van der Waals surface area contributed by atoms with Crippen molar-refractivity contribution in [2.45, 2.75) is 59.4 Å². The van der Waals surface area contributed by atoms with Crippen molar-refractivity contribution in [2.75, 3.05) is 13.1 Å². The summed E-state index contributed by atoms with van der Waals surface area (Å²) in [5.74, 6) is -1.24. The normalized spacial score (nSPS) is 20.6. The highest BCUT2D eigenvalue weighted by atomic mass is 16.4. The molecule has 1 aliphatic rings. The van der Waals surface area contributed by atoms with Crippen LogP contribution >= 0.6 is 0 Å². The fourth-order valence-electron chi connectivity index (χ4n) is 3.10. The molecule has 1 atom stereocenters. The van der Waals surface area contributed by atoms with Crippen molar-refractivity contribution < 1.29 is 14.7 Å². The van der Waals surface area contributed by atoms with Crippen molar-refractivity contribution in [3.05, 3.63) is 0 Å². The fraction of sp³-hybridized carbons (Fsp3) is 0.867. The minimum absolute atomic E-state index is 0.127. The summed E-state index contributed by atoms with van der Waals surface area (Å²) in [4.78, 5) is 25.0. The van der Waals surface area contributed by atoms with Gasteiger partial charge < -0.3 is 15.3 Å².